The number of phenolic OH excluding ortho intramolecular Hbond substituents is 1. The molecule has 7 heteroatoms. The van der Waals surface area contributed by atoms with Crippen LogP contribution in [0.3, 0.4) is 0 Å². The molecule has 0 spiro atoms. The molecule has 0 fully saturated rings. The molecule has 0 aliphatic carbocycles. The minimum absolute atomic E-state index is 0.0776. The van der Waals surface area contributed by atoms with Gasteiger partial charge in [0, 0.05) is 17.2 Å². The zero-order valence-electron chi connectivity index (χ0n) is 18.4. The molecule has 0 saturated heterocycles. The number of ether oxygens (including phenoxy) is 2. The zero-order valence-corrected chi connectivity index (χ0v) is 18.4. The molecule has 168 valence electrons. The van der Waals surface area contributed by atoms with Crippen LogP contribution in [-0.2, 0) is 16.1 Å². The molecule has 0 amide bonds. The van der Waals surface area contributed by atoms with Gasteiger partial charge in [0.05, 0.1) is 17.9 Å². The van der Waals surface area contributed by atoms with Crippen LogP contribution in [0.5, 0.6) is 11.5 Å². The van der Waals surface area contributed by atoms with Crippen molar-refractivity contribution >= 4 is 23.1 Å². The van der Waals surface area contributed by atoms with E-state index in [4.69, 9.17) is 9.47 Å². The fraction of sp³-hybridized carbons (Fsp3) is 0.154. The smallest absolute Gasteiger partial charge is 0.333 e. The Kier molecular flexibility index (Phi) is 7.70. The number of hydrogen-bond acceptors (Lipinski definition) is 7. The summed E-state index contributed by atoms with van der Waals surface area (Å²) in [6.07, 6.45) is 0. The summed E-state index contributed by atoms with van der Waals surface area (Å²) in [6, 6.07) is 18.5. The van der Waals surface area contributed by atoms with Crippen LogP contribution in [0.25, 0.3) is 0 Å². The van der Waals surface area contributed by atoms with E-state index in [1.54, 1.807) is 62.4 Å². The third kappa shape index (κ3) is 6.13. The summed E-state index contributed by atoms with van der Waals surface area (Å²) in [5.74, 6) is -0.709. The summed E-state index contributed by atoms with van der Waals surface area (Å²) in [7, 11) is 0. The lowest BCUT2D eigenvalue weighted by molar-refractivity contribution is -0.140. The summed E-state index contributed by atoms with van der Waals surface area (Å²) in [4.78, 5) is 24.5. The van der Waals surface area contributed by atoms with Crippen LogP contribution >= 0.6 is 0 Å². The fourth-order valence-electron chi connectivity index (χ4n) is 2.93. The molecular formula is C26H24N2O5. The van der Waals surface area contributed by atoms with Gasteiger partial charge < -0.3 is 14.6 Å². The summed E-state index contributed by atoms with van der Waals surface area (Å²) >= 11 is 0. The standard InChI is InChI=1S/C26H24N2O5/c1-4-32-24-15-23(29)21(25(30)19-10-6-5-7-11-19)14-22(24)28-27-20-12-8-9-18(13-20)16-33-26(31)17(2)3/h5-15,29H,2,4,16H2,1,3H3. The van der Waals surface area contributed by atoms with Crippen molar-refractivity contribution in [2.45, 2.75) is 20.5 Å². The Hall–Kier alpha value is -4.26. The number of aromatic hydroxyl groups is 1. The predicted octanol–water partition coefficient (Wildman–Crippen LogP) is 6.06. The molecular weight excluding hydrogens is 420 g/mol. The third-order valence-electron chi connectivity index (χ3n) is 4.56. The van der Waals surface area contributed by atoms with Gasteiger partial charge in [0.1, 0.15) is 18.0 Å². The molecule has 0 aliphatic rings. The number of rotatable bonds is 9. The number of ketones is 1. The van der Waals surface area contributed by atoms with E-state index in [9.17, 15) is 14.7 Å². The molecule has 1 N–H and O–H groups in total. The van der Waals surface area contributed by atoms with Gasteiger partial charge in [-0.15, -0.1) is 5.11 Å². The lowest BCUT2D eigenvalue weighted by Gasteiger charge is -2.10. The molecule has 0 aliphatic heterocycles. The van der Waals surface area contributed by atoms with Gasteiger partial charge in [-0.3, -0.25) is 4.79 Å². The maximum Gasteiger partial charge on any atom is 0.333 e. The number of azo groups is 1. The Morgan fingerprint density at radius 3 is 2.45 bits per heavy atom. The van der Waals surface area contributed by atoms with Crippen LogP contribution in [0.1, 0.15) is 35.3 Å². The van der Waals surface area contributed by atoms with Crippen molar-refractivity contribution in [2.75, 3.05) is 6.61 Å². The van der Waals surface area contributed by atoms with E-state index < -0.39 is 5.97 Å². The van der Waals surface area contributed by atoms with Gasteiger partial charge in [0.2, 0.25) is 0 Å². The molecule has 3 aromatic rings. The van der Waals surface area contributed by atoms with E-state index in [-0.39, 0.29) is 23.7 Å². The lowest BCUT2D eigenvalue weighted by Crippen LogP contribution is -2.04. The SMILES string of the molecule is C=C(C)C(=O)OCc1cccc(N=Nc2cc(C(=O)c3ccccc3)c(O)cc2OCC)c1. The highest BCUT2D eigenvalue weighted by atomic mass is 16.5. The highest BCUT2D eigenvalue weighted by Gasteiger charge is 2.18. The van der Waals surface area contributed by atoms with E-state index in [2.05, 4.69) is 16.8 Å². The summed E-state index contributed by atoms with van der Waals surface area (Å²) < 4.78 is 10.7. The molecule has 0 radical (unpaired) electrons. The predicted molar refractivity (Wildman–Crippen MR) is 124 cm³/mol. The van der Waals surface area contributed by atoms with E-state index >= 15 is 0 Å². The van der Waals surface area contributed by atoms with Crippen LogP contribution < -0.4 is 4.74 Å². The Balaban J connectivity index is 1.89. The highest BCUT2D eigenvalue weighted by molar-refractivity contribution is 6.11. The first kappa shape index (κ1) is 23.4. The van der Waals surface area contributed by atoms with Crippen molar-refractivity contribution in [2.24, 2.45) is 10.2 Å². The number of nitrogens with zero attached hydrogens (tertiary/aromatic N) is 2. The van der Waals surface area contributed by atoms with E-state index in [1.807, 2.05) is 6.07 Å². The zero-order chi connectivity index (χ0) is 23.8. The molecule has 3 aromatic carbocycles. The molecule has 0 atom stereocenters. The summed E-state index contributed by atoms with van der Waals surface area (Å²) in [5, 5.41) is 18.9. The third-order valence-corrected chi connectivity index (χ3v) is 4.56. The lowest BCUT2D eigenvalue weighted by atomic mass is 10.0. The minimum atomic E-state index is -0.469. The van der Waals surface area contributed by atoms with Gasteiger partial charge in [-0.25, -0.2) is 4.79 Å². The average Bonchev–Trinajstić information content (AvgIpc) is 2.82. The Morgan fingerprint density at radius 1 is 1.00 bits per heavy atom. The largest absolute Gasteiger partial charge is 0.507 e. The number of benzene rings is 3. The number of hydrogen-bond donors (Lipinski definition) is 1. The van der Waals surface area contributed by atoms with Crippen LogP contribution in [0.15, 0.2) is 89.1 Å². The number of carbonyl (C=O) groups is 2. The van der Waals surface area contributed by atoms with Crippen molar-refractivity contribution in [3.05, 3.63) is 95.6 Å². The van der Waals surface area contributed by atoms with Gasteiger partial charge in [-0.1, -0.05) is 49.0 Å². The van der Waals surface area contributed by atoms with Crippen LogP contribution in [0, 0.1) is 0 Å². The van der Waals surface area contributed by atoms with Crippen molar-refractivity contribution in [3.8, 4) is 11.5 Å². The maximum atomic E-state index is 12.9. The van der Waals surface area contributed by atoms with Gasteiger partial charge in [0.15, 0.2) is 11.5 Å². The van der Waals surface area contributed by atoms with Crippen molar-refractivity contribution in [3.63, 3.8) is 0 Å². The molecule has 0 bridgehead atoms. The first-order valence-electron chi connectivity index (χ1n) is 10.3. The maximum absolute atomic E-state index is 12.9. The average molecular weight is 444 g/mol. The normalized spacial score (nSPS) is 10.7. The van der Waals surface area contributed by atoms with Crippen LogP contribution in [-0.4, -0.2) is 23.5 Å². The monoisotopic (exact) mass is 444 g/mol. The summed E-state index contributed by atoms with van der Waals surface area (Å²) in [5.41, 5.74) is 2.41. The van der Waals surface area contributed by atoms with Gasteiger partial charge in [-0.2, -0.15) is 5.11 Å². The number of phenols is 1. The second-order valence-corrected chi connectivity index (χ2v) is 7.19. The van der Waals surface area contributed by atoms with Crippen molar-refractivity contribution < 1.29 is 24.2 Å². The Bertz CT molecular complexity index is 1200. The topological polar surface area (TPSA) is 97.6 Å². The summed E-state index contributed by atoms with van der Waals surface area (Å²) in [6.45, 7) is 7.36. The van der Waals surface area contributed by atoms with Gasteiger partial charge >= 0.3 is 5.97 Å². The second-order valence-electron chi connectivity index (χ2n) is 7.19. The van der Waals surface area contributed by atoms with E-state index in [0.717, 1.165) is 5.56 Å². The molecule has 0 unspecified atom stereocenters. The molecule has 7 nitrogen and oxygen atoms in total. The first-order chi connectivity index (χ1) is 15.9. The molecule has 0 saturated carbocycles. The molecule has 0 aromatic heterocycles. The minimum Gasteiger partial charge on any atom is -0.507 e. The van der Waals surface area contributed by atoms with Crippen LogP contribution in [0.4, 0.5) is 11.4 Å². The number of carbonyl (C=O) groups excluding carboxylic acids is 2. The quantitative estimate of drug-likeness (QED) is 0.187. The molecule has 0 heterocycles. The highest BCUT2D eigenvalue weighted by Crippen LogP contribution is 2.36. The van der Waals surface area contributed by atoms with E-state index in [0.29, 0.717) is 34.9 Å². The van der Waals surface area contributed by atoms with Crippen molar-refractivity contribution in [1.29, 1.82) is 0 Å². The first-order valence-corrected chi connectivity index (χ1v) is 10.3. The van der Waals surface area contributed by atoms with E-state index in [1.165, 1.54) is 12.1 Å². The number of esters is 1. The second kappa shape index (κ2) is 10.9. The molecule has 3 rings (SSSR count). The van der Waals surface area contributed by atoms with Gasteiger partial charge in [-0.05, 0) is 37.6 Å². The Morgan fingerprint density at radius 2 is 1.76 bits per heavy atom. The molecule has 33 heavy (non-hydrogen) atoms. The Labute approximate surface area is 192 Å². The van der Waals surface area contributed by atoms with Crippen LogP contribution in [0.2, 0.25) is 0 Å². The van der Waals surface area contributed by atoms with Gasteiger partial charge in [0.25, 0.3) is 0 Å². The van der Waals surface area contributed by atoms with Crippen molar-refractivity contribution in [1.82, 2.24) is 0 Å². The fourth-order valence-corrected chi connectivity index (χ4v) is 2.93.